The van der Waals surface area contributed by atoms with Crippen LogP contribution in [0.1, 0.15) is 39.6 Å². The molecule has 0 fully saturated rings. The molecule has 1 unspecified atom stereocenters. The third-order valence-electron chi connectivity index (χ3n) is 5.36. The summed E-state index contributed by atoms with van der Waals surface area (Å²) in [5, 5.41) is 18.3. The highest BCUT2D eigenvalue weighted by molar-refractivity contribution is 6.00. The van der Waals surface area contributed by atoms with E-state index in [0.29, 0.717) is 24.5 Å². The maximum atomic E-state index is 13.2. The van der Waals surface area contributed by atoms with Crippen LogP contribution in [0.2, 0.25) is 0 Å². The number of nitro benzene ring substituents is 1. The molecule has 0 spiro atoms. The first kappa shape index (κ1) is 19.8. The van der Waals surface area contributed by atoms with E-state index in [9.17, 15) is 14.9 Å². The summed E-state index contributed by atoms with van der Waals surface area (Å²) in [6.45, 7) is 3.13. The Hall–Kier alpha value is -3.52. The molecule has 3 aromatic rings. The first-order valence-electron chi connectivity index (χ1n) is 9.71. The van der Waals surface area contributed by atoms with Crippen molar-refractivity contribution in [2.75, 3.05) is 20.3 Å². The average molecular weight is 406 g/mol. The van der Waals surface area contributed by atoms with E-state index >= 15 is 0 Å². The zero-order chi connectivity index (χ0) is 21.3. The molecule has 154 valence electrons. The number of hydrogen-bond donors (Lipinski definition) is 1. The van der Waals surface area contributed by atoms with Crippen LogP contribution in [-0.2, 0) is 4.74 Å². The largest absolute Gasteiger partial charge is 0.385 e. The number of carbonyl (C=O) groups excluding carboxylic acids is 1. The maximum Gasteiger partial charge on any atom is 0.273 e. The number of aromatic amines is 1. The van der Waals surface area contributed by atoms with Gasteiger partial charge in [0.15, 0.2) is 0 Å². The topological polar surface area (TPSA) is 101 Å². The molecule has 30 heavy (non-hydrogen) atoms. The molecule has 1 aromatic heterocycles. The van der Waals surface area contributed by atoms with E-state index in [1.54, 1.807) is 19.2 Å². The normalized spacial score (nSPS) is 15.5. The lowest BCUT2D eigenvalue weighted by Gasteiger charge is -2.26. The van der Waals surface area contributed by atoms with E-state index in [2.05, 4.69) is 10.2 Å². The molecule has 1 aliphatic heterocycles. The first-order chi connectivity index (χ1) is 14.5. The molecule has 2 heterocycles. The SMILES string of the molecule is COCCCN1C(=O)c2[nH]nc(-c3ccc([N+](=O)[O-])cc3)c2C1c1ccc(C)cc1. The Morgan fingerprint density at radius 2 is 1.87 bits per heavy atom. The van der Waals surface area contributed by atoms with Gasteiger partial charge in [-0.05, 0) is 31.0 Å². The van der Waals surface area contributed by atoms with Crippen LogP contribution in [0.4, 0.5) is 5.69 Å². The van der Waals surface area contributed by atoms with Crippen molar-refractivity contribution in [1.82, 2.24) is 15.1 Å². The molecule has 0 saturated carbocycles. The average Bonchev–Trinajstić information content (AvgIpc) is 3.29. The van der Waals surface area contributed by atoms with E-state index < -0.39 is 4.92 Å². The number of rotatable bonds is 7. The van der Waals surface area contributed by atoms with Crippen LogP contribution in [0.25, 0.3) is 11.3 Å². The zero-order valence-corrected chi connectivity index (χ0v) is 16.8. The van der Waals surface area contributed by atoms with Gasteiger partial charge in [0.25, 0.3) is 11.6 Å². The van der Waals surface area contributed by atoms with Crippen molar-refractivity contribution in [3.05, 3.63) is 81.0 Å². The van der Waals surface area contributed by atoms with Crippen LogP contribution in [0.3, 0.4) is 0 Å². The summed E-state index contributed by atoms with van der Waals surface area (Å²) in [7, 11) is 1.64. The van der Waals surface area contributed by atoms with Crippen molar-refractivity contribution in [3.63, 3.8) is 0 Å². The predicted molar refractivity (Wildman–Crippen MR) is 111 cm³/mol. The number of hydrogen-bond acceptors (Lipinski definition) is 5. The fourth-order valence-electron chi connectivity index (χ4n) is 3.86. The van der Waals surface area contributed by atoms with Crippen LogP contribution in [0, 0.1) is 17.0 Å². The summed E-state index contributed by atoms with van der Waals surface area (Å²) in [5.74, 6) is -0.104. The molecule has 0 saturated heterocycles. The summed E-state index contributed by atoms with van der Waals surface area (Å²) >= 11 is 0. The van der Waals surface area contributed by atoms with Gasteiger partial charge in [-0.25, -0.2) is 0 Å². The molecule has 0 radical (unpaired) electrons. The fourth-order valence-corrected chi connectivity index (χ4v) is 3.86. The van der Waals surface area contributed by atoms with Gasteiger partial charge in [0.05, 0.1) is 16.7 Å². The second-order valence-corrected chi connectivity index (χ2v) is 7.32. The number of benzene rings is 2. The Balaban J connectivity index is 1.79. The summed E-state index contributed by atoms with van der Waals surface area (Å²) in [5.41, 5.74) is 4.77. The van der Waals surface area contributed by atoms with Crippen LogP contribution in [0.5, 0.6) is 0 Å². The fraction of sp³-hybridized carbons (Fsp3) is 0.273. The third kappa shape index (κ3) is 3.46. The van der Waals surface area contributed by atoms with Crippen molar-refractivity contribution < 1.29 is 14.5 Å². The molecule has 8 nitrogen and oxygen atoms in total. The molecule has 8 heteroatoms. The Labute approximate surface area is 173 Å². The Morgan fingerprint density at radius 1 is 1.17 bits per heavy atom. The quantitative estimate of drug-likeness (QED) is 0.365. The summed E-state index contributed by atoms with van der Waals surface area (Å²) in [6.07, 6.45) is 0.717. The lowest BCUT2D eigenvalue weighted by Crippen LogP contribution is -2.31. The van der Waals surface area contributed by atoms with E-state index in [4.69, 9.17) is 4.74 Å². The van der Waals surface area contributed by atoms with Crippen molar-refractivity contribution in [2.24, 2.45) is 0 Å². The molecular formula is C22H22N4O4. The molecule has 1 aliphatic rings. The lowest BCUT2D eigenvalue weighted by atomic mass is 9.95. The number of aryl methyl sites for hydroxylation is 1. The van der Waals surface area contributed by atoms with Crippen LogP contribution >= 0.6 is 0 Å². The number of amides is 1. The van der Waals surface area contributed by atoms with Gasteiger partial charge < -0.3 is 9.64 Å². The van der Waals surface area contributed by atoms with Crippen LogP contribution < -0.4 is 0 Å². The standard InChI is InChI=1S/C22H22N4O4/c1-14-4-6-16(7-5-14)21-18-19(15-8-10-17(11-9-15)26(28)29)23-24-20(18)22(27)25(21)12-3-13-30-2/h4-11,21H,3,12-13H2,1-2H3,(H,23,24). The number of ether oxygens (including phenoxy) is 1. The second kappa shape index (κ2) is 8.08. The lowest BCUT2D eigenvalue weighted by molar-refractivity contribution is -0.384. The smallest absolute Gasteiger partial charge is 0.273 e. The Morgan fingerprint density at radius 3 is 2.50 bits per heavy atom. The van der Waals surface area contributed by atoms with Gasteiger partial charge in [-0.3, -0.25) is 20.0 Å². The molecule has 1 amide bonds. The Bertz CT molecular complexity index is 1070. The molecular weight excluding hydrogens is 384 g/mol. The summed E-state index contributed by atoms with van der Waals surface area (Å²) in [4.78, 5) is 25.5. The van der Waals surface area contributed by atoms with Gasteiger partial charge in [0, 0.05) is 43.5 Å². The van der Waals surface area contributed by atoms with Gasteiger partial charge >= 0.3 is 0 Å². The molecule has 0 aliphatic carbocycles. The minimum Gasteiger partial charge on any atom is -0.385 e. The monoisotopic (exact) mass is 406 g/mol. The van der Waals surface area contributed by atoms with Gasteiger partial charge in [-0.1, -0.05) is 29.8 Å². The number of non-ortho nitro benzene ring substituents is 1. The molecule has 0 bridgehead atoms. The number of methoxy groups -OCH3 is 1. The predicted octanol–water partition coefficient (Wildman–Crippen LogP) is 3.88. The highest BCUT2D eigenvalue weighted by atomic mass is 16.6. The second-order valence-electron chi connectivity index (χ2n) is 7.32. The minimum atomic E-state index is -0.436. The van der Waals surface area contributed by atoms with E-state index in [1.165, 1.54) is 12.1 Å². The molecule has 1 atom stereocenters. The number of nitro groups is 1. The van der Waals surface area contributed by atoms with Gasteiger partial charge in [-0.15, -0.1) is 0 Å². The van der Waals surface area contributed by atoms with Crippen molar-refractivity contribution in [2.45, 2.75) is 19.4 Å². The van der Waals surface area contributed by atoms with Crippen molar-refractivity contribution in [3.8, 4) is 11.3 Å². The van der Waals surface area contributed by atoms with Crippen molar-refractivity contribution >= 4 is 11.6 Å². The van der Waals surface area contributed by atoms with Gasteiger partial charge in [-0.2, -0.15) is 5.10 Å². The minimum absolute atomic E-state index is 0.0123. The number of nitrogens with one attached hydrogen (secondary N) is 1. The number of fused-ring (bicyclic) bond motifs is 1. The maximum absolute atomic E-state index is 13.2. The van der Waals surface area contributed by atoms with Crippen LogP contribution in [-0.4, -0.2) is 46.2 Å². The summed E-state index contributed by atoms with van der Waals surface area (Å²) in [6, 6.07) is 14.0. The molecule has 4 rings (SSSR count). The van der Waals surface area contributed by atoms with Gasteiger partial charge in [0.1, 0.15) is 5.69 Å². The number of aromatic nitrogens is 2. The number of nitrogens with zero attached hydrogens (tertiary/aromatic N) is 3. The van der Waals surface area contributed by atoms with Crippen molar-refractivity contribution in [1.29, 1.82) is 0 Å². The van der Waals surface area contributed by atoms with E-state index in [1.807, 2.05) is 36.1 Å². The number of carbonyl (C=O) groups is 1. The van der Waals surface area contributed by atoms with E-state index in [0.717, 1.165) is 28.7 Å². The highest BCUT2D eigenvalue weighted by Gasteiger charge is 2.41. The zero-order valence-electron chi connectivity index (χ0n) is 16.8. The van der Waals surface area contributed by atoms with Gasteiger partial charge in [0.2, 0.25) is 0 Å². The molecule has 2 aromatic carbocycles. The number of H-pyrrole nitrogens is 1. The third-order valence-corrected chi connectivity index (χ3v) is 5.36. The highest BCUT2D eigenvalue weighted by Crippen LogP contribution is 2.43. The Kier molecular flexibility index (Phi) is 5.33. The first-order valence-corrected chi connectivity index (χ1v) is 9.71. The van der Waals surface area contributed by atoms with Crippen LogP contribution in [0.15, 0.2) is 48.5 Å². The molecule has 1 N–H and O–H groups in total. The van der Waals surface area contributed by atoms with E-state index in [-0.39, 0.29) is 17.6 Å². The summed E-state index contributed by atoms with van der Waals surface area (Å²) < 4.78 is 5.16.